The second kappa shape index (κ2) is 6.23. The molecule has 2 N–H and O–H groups in total. The number of carbonyl (C=O) groups is 2. The van der Waals surface area contributed by atoms with Crippen LogP contribution in [0.3, 0.4) is 0 Å². The van der Waals surface area contributed by atoms with Crippen molar-refractivity contribution in [3.05, 3.63) is 0 Å². The normalized spacial score (nSPS) is 13.7. The van der Waals surface area contributed by atoms with Crippen molar-refractivity contribution in [2.45, 2.75) is 38.0 Å². The number of sulfone groups is 1. The molecule has 0 spiro atoms. The fourth-order valence-corrected chi connectivity index (χ4v) is 1.63. The van der Waals surface area contributed by atoms with Gasteiger partial charge >= 0.3 is 12.0 Å². The molecule has 0 rings (SSSR count). The summed E-state index contributed by atoms with van der Waals surface area (Å²) in [6.07, 6.45) is 1.36. The molecule has 1 unspecified atom stereocenters. The highest BCUT2D eigenvalue weighted by atomic mass is 32.2. The Morgan fingerprint density at radius 1 is 1.37 bits per heavy atom. The van der Waals surface area contributed by atoms with Gasteiger partial charge in [0.25, 0.3) is 0 Å². The number of rotatable bonds is 6. The topological polar surface area (TPSA) is 104 Å². The number of aliphatic carboxylic acids is 1. The summed E-state index contributed by atoms with van der Waals surface area (Å²) in [5.74, 6) is -1.09. The van der Waals surface area contributed by atoms with Gasteiger partial charge in [-0.1, -0.05) is 6.92 Å². The number of carbonyl (C=O) groups excluding carboxylic acids is 1. The van der Waals surface area contributed by atoms with Crippen LogP contribution in [0.1, 0.15) is 27.2 Å². The maximum atomic E-state index is 11.8. The Hall–Kier alpha value is -1.31. The summed E-state index contributed by atoms with van der Waals surface area (Å²) >= 11 is 0. The summed E-state index contributed by atoms with van der Waals surface area (Å²) in [6, 6.07) is -1.53. The molecule has 0 aliphatic rings. The maximum Gasteiger partial charge on any atom is 0.326 e. The number of amides is 2. The van der Waals surface area contributed by atoms with Crippen molar-refractivity contribution >= 4 is 21.8 Å². The Kier molecular flexibility index (Phi) is 5.80. The van der Waals surface area contributed by atoms with Gasteiger partial charge in [0.05, 0.1) is 4.75 Å². The minimum Gasteiger partial charge on any atom is -0.480 e. The predicted molar refractivity (Wildman–Crippen MR) is 71.8 cm³/mol. The van der Waals surface area contributed by atoms with Gasteiger partial charge in [-0.2, -0.15) is 0 Å². The molecule has 0 aliphatic heterocycles. The van der Waals surface area contributed by atoms with Crippen LogP contribution < -0.4 is 5.32 Å². The van der Waals surface area contributed by atoms with E-state index in [1.807, 2.05) is 0 Å². The first-order chi connectivity index (χ1) is 8.44. The zero-order valence-corrected chi connectivity index (χ0v) is 12.7. The van der Waals surface area contributed by atoms with Gasteiger partial charge in [-0.25, -0.2) is 18.0 Å². The molecule has 0 fully saturated rings. The summed E-state index contributed by atoms with van der Waals surface area (Å²) in [4.78, 5) is 23.8. The number of carboxylic acid groups (broad SMARTS) is 1. The Labute approximate surface area is 113 Å². The summed E-state index contributed by atoms with van der Waals surface area (Å²) in [6.45, 7) is 4.57. The number of hydrogen-bond acceptors (Lipinski definition) is 4. The summed E-state index contributed by atoms with van der Waals surface area (Å²) < 4.78 is 21.8. The largest absolute Gasteiger partial charge is 0.480 e. The average molecular weight is 294 g/mol. The van der Waals surface area contributed by atoms with Gasteiger partial charge in [0.1, 0.15) is 6.04 Å². The van der Waals surface area contributed by atoms with Crippen LogP contribution in [0.4, 0.5) is 4.79 Å². The van der Waals surface area contributed by atoms with Gasteiger partial charge < -0.3 is 15.3 Å². The smallest absolute Gasteiger partial charge is 0.326 e. The molecular weight excluding hydrogens is 272 g/mol. The van der Waals surface area contributed by atoms with E-state index >= 15 is 0 Å². The second-order valence-corrected chi connectivity index (χ2v) is 7.71. The van der Waals surface area contributed by atoms with Crippen molar-refractivity contribution in [2.75, 3.05) is 19.8 Å². The third-order valence-corrected chi connectivity index (χ3v) is 5.28. The fourth-order valence-electron chi connectivity index (χ4n) is 1.30. The van der Waals surface area contributed by atoms with Gasteiger partial charge in [-0.3, -0.25) is 0 Å². The van der Waals surface area contributed by atoms with Gasteiger partial charge in [-0.05, 0) is 20.3 Å². The van der Waals surface area contributed by atoms with Crippen molar-refractivity contribution in [2.24, 2.45) is 0 Å². The molecule has 0 saturated heterocycles. The zero-order chi connectivity index (χ0) is 15.4. The van der Waals surface area contributed by atoms with E-state index in [1.165, 1.54) is 20.9 Å². The minimum absolute atomic E-state index is 0.0783. The van der Waals surface area contributed by atoms with Crippen LogP contribution in [-0.2, 0) is 14.6 Å². The number of nitrogens with zero attached hydrogens (tertiary/aromatic N) is 1. The van der Waals surface area contributed by atoms with E-state index in [4.69, 9.17) is 5.11 Å². The van der Waals surface area contributed by atoms with E-state index < -0.39 is 32.6 Å². The first kappa shape index (κ1) is 17.7. The van der Waals surface area contributed by atoms with Crippen molar-refractivity contribution in [3.8, 4) is 0 Å². The van der Waals surface area contributed by atoms with Gasteiger partial charge in [0.15, 0.2) is 9.84 Å². The monoisotopic (exact) mass is 294 g/mol. The van der Waals surface area contributed by atoms with E-state index in [-0.39, 0.29) is 13.0 Å². The van der Waals surface area contributed by atoms with E-state index in [1.54, 1.807) is 6.92 Å². The highest BCUT2D eigenvalue weighted by Crippen LogP contribution is 2.13. The lowest BCUT2D eigenvalue weighted by Gasteiger charge is -2.27. The predicted octanol–water partition coefficient (Wildman–Crippen LogP) is 0.314. The number of nitrogens with one attached hydrogen (secondary N) is 1. The molecule has 0 heterocycles. The van der Waals surface area contributed by atoms with Crippen LogP contribution in [0, 0.1) is 0 Å². The van der Waals surface area contributed by atoms with Crippen molar-refractivity contribution < 1.29 is 23.1 Å². The number of urea groups is 1. The molecule has 0 radical (unpaired) electrons. The van der Waals surface area contributed by atoms with Crippen LogP contribution in [0.5, 0.6) is 0 Å². The molecule has 0 saturated carbocycles. The Balaban J connectivity index is 4.69. The Bertz CT molecular complexity index is 444. The lowest BCUT2D eigenvalue weighted by molar-refractivity contribution is -0.141. The number of hydrogen-bond donors (Lipinski definition) is 2. The first-order valence-electron chi connectivity index (χ1n) is 5.87. The standard InChI is InChI=1S/C11H22N2O5S/c1-6-8(9(14)15)13(4)10(16)12-7-11(2,3)19(5,17)18/h8H,6-7H2,1-5H3,(H,12,16)(H,14,15). The molecular formula is C11H22N2O5S. The van der Waals surface area contributed by atoms with Crippen LogP contribution >= 0.6 is 0 Å². The average Bonchev–Trinajstić information content (AvgIpc) is 2.24. The summed E-state index contributed by atoms with van der Waals surface area (Å²) in [5.41, 5.74) is 0. The summed E-state index contributed by atoms with van der Waals surface area (Å²) in [5, 5.41) is 11.4. The number of carboxylic acids is 1. The molecule has 0 aliphatic carbocycles. The molecule has 0 aromatic rings. The maximum absolute atomic E-state index is 11.8. The van der Waals surface area contributed by atoms with Crippen LogP contribution in [0.15, 0.2) is 0 Å². The Morgan fingerprint density at radius 3 is 2.16 bits per heavy atom. The molecule has 7 nitrogen and oxygen atoms in total. The van der Waals surface area contributed by atoms with Gasteiger partial charge in [0.2, 0.25) is 0 Å². The van der Waals surface area contributed by atoms with Crippen molar-refractivity contribution in [1.82, 2.24) is 10.2 Å². The third-order valence-electron chi connectivity index (χ3n) is 3.13. The molecule has 1 atom stereocenters. The fraction of sp³-hybridized carbons (Fsp3) is 0.818. The zero-order valence-electron chi connectivity index (χ0n) is 11.9. The molecule has 19 heavy (non-hydrogen) atoms. The molecule has 112 valence electrons. The lowest BCUT2D eigenvalue weighted by Crippen LogP contribution is -2.51. The van der Waals surface area contributed by atoms with E-state index in [9.17, 15) is 18.0 Å². The Morgan fingerprint density at radius 2 is 1.84 bits per heavy atom. The van der Waals surface area contributed by atoms with Crippen LogP contribution in [-0.4, -0.2) is 61.1 Å². The highest BCUT2D eigenvalue weighted by molar-refractivity contribution is 7.92. The molecule has 0 aromatic heterocycles. The highest BCUT2D eigenvalue weighted by Gasteiger charge is 2.32. The molecule has 8 heteroatoms. The number of likely N-dealkylation sites (N-methyl/N-ethyl adjacent to an activating group) is 1. The van der Waals surface area contributed by atoms with E-state index in [2.05, 4.69) is 5.32 Å². The summed E-state index contributed by atoms with van der Waals surface area (Å²) in [7, 11) is -1.95. The minimum atomic E-state index is -3.32. The van der Waals surface area contributed by atoms with E-state index in [0.717, 1.165) is 11.2 Å². The molecule has 2 amide bonds. The first-order valence-corrected chi connectivity index (χ1v) is 7.76. The quantitative estimate of drug-likeness (QED) is 0.734. The lowest BCUT2D eigenvalue weighted by atomic mass is 10.2. The van der Waals surface area contributed by atoms with Crippen LogP contribution in [0.2, 0.25) is 0 Å². The van der Waals surface area contributed by atoms with E-state index in [0.29, 0.717) is 0 Å². The second-order valence-electron chi connectivity index (χ2n) is 5.06. The van der Waals surface area contributed by atoms with Gasteiger partial charge in [-0.15, -0.1) is 0 Å². The SMILES string of the molecule is CCC(C(=O)O)N(C)C(=O)NCC(C)(C)S(C)(=O)=O. The third kappa shape index (κ3) is 4.70. The van der Waals surface area contributed by atoms with Crippen molar-refractivity contribution in [3.63, 3.8) is 0 Å². The van der Waals surface area contributed by atoms with Crippen molar-refractivity contribution in [1.29, 1.82) is 0 Å². The molecule has 0 aromatic carbocycles. The molecule has 0 bridgehead atoms. The van der Waals surface area contributed by atoms with Gasteiger partial charge in [0, 0.05) is 19.8 Å². The van der Waals surface area contributed by atoms with Crippen LogP contribution in [0.25, 0.3) is 0 Å².